The van der Waals surface area contributed by atoms with Crippen molar-refractivity contribution in [3.05, 3.63) is 78.4 Å². The Labute approximate surface area is 167 Å². The SMILES string of the molecule is CC(=O)c1ccc([S+]2c3ccccc3Sc3ccccc32)cc1.F[B-](F)(F)F. The van der Waals surface area contributed by atoms with E-state index in [0.717, 1.165) is 5.56 Å². The number of hydrogen-bond donors (Lipinski definition) is 0. The minimum atomic E-state index is -6.00. The van der Waals surface area contributed by atoms with Gasteiger partial charge in [-0.15, -0.1) is 0 Å². The summed E-state index contributed by atoms with van der Waals surface area (Å²) in [6.45, 7) is 1.61. The van der Waals surface area contributed by atoms with Gasteiger partial charge in [0, 0.05) is 5.56 Å². The molecule has 0 fully saturated rings. The van der Waals surface area contributed by atoms with Gasteiger partial charge in [0.2, 0.25) is 0 Å². The number of carbonyl (C=O) groups is 1. The summed E-state index contributed by atoms with van der Waals surface area (Å²) >= 11 is 1.84. The molecule has 0 amide bonds. The Morgan fingerprint density at radius 3 is 1.64 bits per heavy atom. The van der Waals surface area contributed by atoms with Crippen molar-refractivity contribution in [1.29, 1.82) is 0 Å². The second-order valence-electron chi connectivity index (χ2n) is 5.88. The molecule has 144 valence electrons. The summed E-state index contributed by atoms with van der Waals surface area (Å²) in [5.74, 6) is 0.111. The predicted octanol–water partition coefficient (Wildman–Crippen LogP) is 6.75. The lowest BCUT2D eigenvalue weighted by Gasteiger charge is -2.18. The van der Waals surface area contributed by atoms with Crippen molar-refractivity contribution >= 4 is 35.7 Å². The summed E-state index contributed by atoms with van der Waals surface area (Å²) < 4.78 is 39.0. The van der Waals surface area contributed by atoms with E-state index in [1.54, 1.807) is 6.92 Å². The van der Waals surface area contributed by atoms with Crippen LogP contribution < -0.4 is 0 Å². The van der Waals surface area contributed by atoms with Gasteiger partial charge in [0.25, 0.3) is 0 Å². The first kappa shape index (κ1) is 20.5. The number of carbonyl (C=O) groups excluding carboxylic acids is 1. The van der Waals surface area contributed by atoms with Crippen LogP contribution in [0, 0.1) is 0 Å². The van der Waals surface area contributed by atoms with Gasteiger partial charge in [-0.3, -0.25) is 4.79 Å². The number of hydrogen-bond acceptors (Lipinski definition) is 2. The van der Waals surface area contributed by atoms with Crippen molar-refractivity contribution < 1.29 is 22.1 Å². The zero-order chi connectivity index (χ0) is 20.3. The average Bonchev–Trinajstić information content (AvgIpc) is 2.65. The van der Waals surface area contributed by atoms with Crippen molar-refractivity contribution in [3.8, 4) is 0 Å². The quantitative estimate of drug-likeness (QED) is 0.154. The number of halogens is 4. The fourth-order valence-corrected chi connectivity index (χ4v) is 6.46. The molecule has 0 bridgehead atoms. The minimum Gasteiger partial charge on any atom is -0.418 e. The molecule has 3 aromatic carbocycles. The summed E-state index contributed by atoms with van der Waals surface area (Å²) in [6.07, 6.45) is 0. The molecule has 3 aromatic rings. The molecule has 0 radical (unpaired) electrons. The summed E-state index contributed by atoms with van der Waals surface area (Å²) in [4.78, 5) is 18.2. The first-order valence-corrected chi connectivity index (χ1v) is 10.4. The van der Waals surface area contributed by atoms with Crippen LogP contribution >= 0.6 is 11.8 Å². The van der Waals surface area contributed by atoms with Crippen molar-refractivity contribution in [1.82, 2.24) is 0 Å². The third-order valence-corrected chi connectivity index (χ3v) is 7.60. The van der Waals surface area contributed by atoms with Gasteiger partial charge in [-0.05, 0) is 55.5 Å². The highest BCUT2D eigenvalue weighted by Gasteiger charge is 2.37. The largest absolute Gasteiger partial charge is 0.673 e. The molecular formula is C20H15BF4OS2. The van der Waals surface area contributed by atoms with Gasteiger partial charge >= 0.3 is 7.25 Å². The number of Topliss-reactive ketones (excluding diaryl/α,β-unsaturated/α-hetero) is 1. The zero-order valence-electron chi connectivity index (χ0n) is 14.7. The summed E-state index contributed by atoms with van der Waals surface area (Å²) in [5.41, 5.74) is 0.769. The van der Waals surface area contributed by atoms with Gasteiger partial charge in [-0.1, -0.05) is 36.0 Å². The fraction of sp³-hybridized carbons (Fsp3) is 0.0500. The smallest absolute Gasteiger partial charge is 0.418 e. The molecule has 0 saturated heterocycles. The number of fused-ring (bicyclic) bond motifs is 2. The molecule has 28 heavy (non-hydrogen) atoms. The highest BCUT2D eigenvalue weighted by Crippen LogP contribution is 2.47. The highest BCUT2D eigenvalue weighted by molar-refractivity contribution is 8.04. The van der Waals surface area contributed by atoms with E-state index < -0.39 is 7.25 Å². The van der Waals surface area contributed by atoms with Crippen LogP contribution in [0.25, 0.3) is 0 Å². The molecule has 0 spiro atoms. The first-order chi connectivity index (χ1) is 13.2. The highest BCUT2D eigenvalue weighted by atomic mass is 32.2. The molecular weight excluding hydrogens is 407 g/mol. The van der Waals surface area contributed by atoms with Crippen LogP contribution in [-0.4, -0.2) is 13.0 Å². The lowest BCUT2D eigenvalue weighted by Crippen LogP contribution is -2.11. The summed E-state index contributed by atoms with van der Waals surface area (Å²) in [5, 5.41) is 0. The van der Waals surface area contributed by atoms with E-state index in [2.05, 4.69) is 60.7 Å². The van der Waals surface area contributed by atoms with E-state index in [0.29, 0.717) is 0 Å². The molecule has 8 heteroatoms. The first-order valence-electron chi connectivity index (χ1n) is 8.32. The van der Waals surface area contributed by atoms with Crippen LogP contribution in [0.1, 0.15) is 17.3 Å². The van der Waals surface area contributed by atoms with Gasteiger partial charge < -0.3 is 17.3 Å². The van der Waals surface area contributed by atoms with Gasteiger partial charge in [-0.25, -0.2) is 0 Å². The van der Waals surface area contributed by atoms with Crippen LogP contribution in [0.5, 0.6) is 0 Å². The molecule has 0 unspecified atom stereocenters. The molecule has 1 heterocycles. The second kappa shape index (κ2) is 8.45. The van der Waals surface area contributed by atoms with Crippen molar-refractivity contribution in [2.75, 3.05) is 0 Å². The minimum absolute atomic E-state index is 0.111. The van der Waals surface area contributed by atoms with E-state index >= 15 is 0 Å². The van der Waals surface area contributed by atoms with E-state index in [1.165, 1.54) is 24.5 Å². The van der Waals surface area contributed by atoms with E-state index in [1.807, 2.05) is 23.9 Å². The van der Waals surface area contributed by atoms with E-state index in [4.69, 9.17) is 0 Å². The monoisotopic (exact) mass is 422 g/mol. The normalized spacial score (nSPS) is 13.0. The second-order valence-corrected chi connectivity index (χ2v) is 8.92. The Balaban J connectivity index is 0.000000403. The molecule has 0 aliphatic carbocycles. The number of rotatable bonds is 2. The summed E-state index contributed by atoms with van der Waals surface area (Å²) in [6, 6.07) is 25.3. The standard InChI is InChI=1S/C20H15OS2.BF4/c1-14(21)15-10-12-16(13-11-15)23-19-8-4-2-6-17(19)22-18-7-3-5-9-20(18)23;2-1(3,4)5/h2-13H,1H3;/q+1;-1. The average molecular weight is 422 g/mol. The lowest BCUT2D eigenvalue weighted by molar-refractivity contribution is 0.101. The molecule has 1 nitrogen and oxygen atoms in total. The van der Waals surface area contributed by atoms with Gasteiger partial charge in [0.05, 0.1) is 9.79 Å². The number of ketones is 1. The Morgan fingerprint density at radius 1 is 0.786 bits per heavy atom. The topological polar surface area (TPSA) is 17.1 Å². The maximum absolute atomic E-state index is 11.5. The van der Waals surface area contributed by atoms with Crippen LogP contribution in [0.15, 0.2) is 97.3 Å². The van der Waals surface area contributed by atoms with Crippen LogP contribution in [-0.2, 0) is 10.9 Å². The van der Waals surface area contributed by atoms with Crippen molar-refractivity contribution in [3.63, 3.8) is 0 Å². The Morgan fingerprint density at radius 2 is 1.21 bits per heavy atom. The molecule has 1 aliphatic heterocycles. The third-order valence-electron chi connectivity index (χ3n) is 3.85. The molecule has 0 saturated carbocycles. The number of benzene rings is 3. The van der Waals surface area contributed by atoms with E-state index in [9.17, 15) is 22.1 Å². The third kappa shape index (κ3) is 5.00. The van der Waals surface area contributed by atoms with Gasteiger partial charge in [-0.2, -0.15) is 0 Å². The Kier molecular flexibility index (Phi) is 6.20. The van der Waals surface area contributed by atoms with Gasteiger partial charge in [0.1, 0.15) is 10.9 Å². The van der Waals surface area contributed by atoms with Crippen LogP contribution in [0.2, 0.25) is 0 Å². The summed E-state index contributed by atoms with van der Waals surface area (Å²) in [7, 11) is -6.11. The molecule has 0 aromatic heterocycles. The zero-order valence-corrected chi connectivity index (χ0v) is 16.4. The maximum atomic E-state index is 11.5. The van der Waals surface area contributed by atoms with Crippen LogP contribution in [0.4, 0.5) is 17.3 Å². The maximum Gasteiger partial charge on any atom is 0.673 e. The molecule has 0 atom stereocenters. The molecule has 0 N–H and O–H groups in total. The lowest BCUT2D eigenvalue weighted by atomic mass is 10.2. The van der Waals surface area contributed by atoms with Gasteiger partial charge in [0.15, 0.2) is 20.5 Å². The van der Waals surface area contributed by atoms with Crippen LogP contribution in [0.3, 0.4) is 0 Å². The van der Waals surface area contributed by atoms with E-state index in [-0.39, 0.29) is 16.7 Å². The predicted molar refractivity (Wildman–Crippen MR) is 106 cm³/mol. The molecule has 1 aliphatic rings. The Hall–Kier alpha value is -2.19. The molecule has 4 rings (SSSR count). The fourth-order valence-electron chi connectivity index (χ4n) is 2.72. The Bertz CT molecular complexity index is 938. The van der Waals surface area contributed by atoms with Crippen molar-refractivity contribution in [2.24, 2.45) is 0 Å². The van der Waals surface area contributed by atoms with Crippen molar-refractivity contribution in [2.45, 2.75) is 31.4 Å².